The Kier molecular flexibility index (Phi) is 2.92. The molecule has 94 valence electrons. The highest BCUT2D eigenvalue weighted by molar-refractivity contribution is 5.96. The molecule has 0 aliphatic carbocycles. The number of hydrogen-bond donors (Lipinski definition) is 2. The fourth-order valence-corrected chi connectivity index (χ4v) is 1.99. The third-order valence-electron chi connectivity index (χ3n) is 3.20. The second kappa shape index (κ2) is 4.12. The third kappa shape index (κ3) is 2.48. The van der Waals surface area contributed by atoms with Gasteiger partial charge in [-0.1, -0.05) is 6.58 Å². The van der Waals surface area contributed by atoms with Crippen LogP contribution in [0.1, 0.15) is 12.8 Å². The molecule has 2 rings (SSSR count). The van der Waals surface area contributed by atoms with Crippen molar-refractivity contribution in [3.05, 3.63) is 12.2 Å². The maximum absolute atomic E-state index is 11.5. The van der Waals surface area contributed by atoms with Gasteiger partial charge in [0.05, 0.1) is 25.4 Å². The summed E-state index contributed by atoms with van der Waals surface area (Å²) in [6, 6.07) is 0. The summed E-state index contributed by atoms with van der Waals surface area (Å²) in [5, 5.41) is 18.3. The van der Waals surface area contributed by atoms with E-state index < -0.39 is 17.4 Å². The molecule has 2 N–H and O–H groups in total. The smallest absolute Gasteiger partial charge is 0.332 e. The van der Waals surface area contributed by atoms with Crippen molar-refractivity contribution in [2.24, 2.45) is 5.41 Å². The summed E-state index contributed by atoms with van der Waals surface area (Å²) in [5.74, 6) is -2.45. The zero-order valence-corrected chi connectivity index (χ0v) is 9.22. The molecule has 0 aromatic rings. The van der Waals surface area contributed by atoms with E-state index in [1.165, 1.54) is 0 Å². The van der Waals surface area contributed by atoms with Crippen LogP contribution in [0, 0.1) is 5.41 Å². The SMILES string of the molecule is C=C(C(=O)O)C(CC1CO1)(CC1CO1)C(=O)O. The van der Waals surface area contributed by atoms with Crippen LogP contribution in [-0.4, -0.2) is 47.6 Å². The molecule has 6 nitrogen and oxygen atoms in total. The second-order valence-corrected chi connectivity index (χ2v) is 4.49. The van der Waals surface area contributed by atoms with E-state index in [0.29, 0.717) is 13.2 Å². The fraction of sp³-hybridized carbons (Fsp3) is 0.636. The largest absolute Gasteiger partial charge is 0.481 e. The molecule has 2 aliphatic heterocycles. The highest BCUT2D eigenvalue weighted by atomic mass is 16.6. The molecule has 0 spiro atoms. The summed E-state index contributed by atoms with van der Waals surface area (Å²) >= 11 is 0. The van der Waals surface area contributed by atoms with E-state index in [2.05, 4.69) is 6.58 Å². The van der Waals surface area contributed by atoms with E-state index in [9.17, 15) is 14.7 Å². The van der Waals surface area contributed by atoms with Gasteiger partial charge in [0.15, 0.2) is 0 Å². The van der Waals surface area contributed by atoms with Crippen molar-refractivity contribution in [2.75, 3.05) is 13.2 Å². The second-order valence-electron chi connectivity index (χ2n) is 4.49. The first-order chi connectivity index (χ1) is 7.95. The molecular formula is C11H14O6. The molecule has 2 saturated heterocycles. The van der Waals surface area contributed by atoms with Crippen LogP contribution in [0.25, 0.3) is 0 Å². The minimum absolute atomic E-state index is 0.146. The number of hydrogen-bond acceptors (Lipinski definition) is 4. The lowest BCUT2D eigenvalue weighted by Crippen LogP contribution is -2.38. The first-order valence-electron chi connectivity index (χ1n) is 5.35. The van der Waals surface area contributed by atoms with Crippen molar-refractivity contribution in [3.8, 4) is 0 Å². The summed E-state index contributed by atoms with van der Waals surface area (Å²) in [6.07, 6.45) is -0.0670. The number of rotatable bonds is 7. The molecule has 0 radical (unpaired) electrons. The van der Waals surface area contributed by atoms with Crippen molar-refractivity contribution < 1.29 is 29.3 Å². The minimum Gasteiger partial charge on any atom is -0.481 e. The predicted octanol–water partition coefficient (Wildman–Crippen LogP) is 0.276. The molecule has 0 saturated carbocycles. The van der Waals surface area contributed by atoms with E-state index in [1.807, 2.05) is 0 Å². The van der Waals surface area contributed by atoms with Crippen LogP contribution in [-0.2, 0) is 19.1 Å². The quantitative estimate of drug-likeness (QED) is 0.491. The number of carbonyl (C=O) groups is 2. The maximum atomic E-state index is 11.5. The van der Waals surface area contributed by atoms with Crippen molar-refractivity contribution in [1.29, 1.82) is 0 Å². The van der Waals surface area contributed by atoms with Gasteiger partial charge in [-0.2, -0.15) is 0 Å². The monoisotopic (exact) mass is 242 g/mol. The standard InChI is InChI=1S/C11H14O6/c1-6(9(12)13)11(10(14)15,2-7-4-16-7)3-8-5-17-8/h7-8H,1-5H2,(H,12,13)(H,14,15). The lowest BCUT2D eigenvalue weighted by molar-refractivity contribution is -0.151. The first-order valence-corrected chi connectivity index (χ1v) is 5.35. The Morgan fingerprint density at radius 3 is 1.82 bits per heavy atom. The predicted molar refractivity (Wildman–Crippen MR) is 55.6 cm³/mol. The van der Waals surface area contributed by atoms with Crippen molar-refractivity contribution in [2.45, 2.75) is 25.0 Å². The molecule has 6 heteroatoms. The molecule has 0 bridgehead atoms. The number of carboxylic acid groups (broad SMARTS) is 2. The average Bonchev–Trinajstić information content (AvgIpc) is 3.09. The minimum atomic E-state index is -1.48. The number of ether oxygens (including phenoxy) is 2. The Balaban J connectivity index is 2.23. The molecular weight excluding hydrogens is 228 g/mol. The molecule has 2 fully saturated rings. The fourth-order valence-electron chi connectivity index (χ4n) is 1.99. The van der Waals surface area contributed by atoms with Gasteiger partial charge in [0.25, 0.3) is 0 Å². The summed E-state index contributed by atoms with van der Waals surface area (Å²) in [4.78, 5) is 22.5. The summed E-state index contributed by atoms with van der Waals surface area (Å²) in [5.41, 5.74) is -1.77. The number of aliphatic carboxylic acids is 2. The Morgan fingerprint density at radius 2 is 1.59 bits per heavy atom. The van der Waals surface area contributed by atoms with E-state index in [0.717, 1.165) is 0 Å². The molecule has 0 aromatic carbocycles. The van der Waals surface area contributed by atoms with Gasteiger partial charge >= 0.3 is 11.9 Å². The van der Waals surface area contributed by atoms with Gasteiger partial charge < -0.3 is 19.7 Å². The topological polar surface area (TPSA) is 99.7 Å². The zero-order valence-electron chi connectivity index (χ0n) is 9.22. The highest BCUT2D eigenvalue weighted by Crippen LogP contribution is 2.43. The lowest BCUT2D eigenvalue weighted by Gasteiger charge is -2.28. The van der Waals surface area contributed by atoms with E-state index >= 15 is 0 Å². The van der Waals surface area contributed by atoms with Crippen LogP contribution in [0.3, 0.4) is 0 Å². The normalized spacial score (nSPS) is 29.2. The van der Waals surface area contributed by atoms with E-state index in [4.69, 9.17) is 14.6 Å². The Hall–Kier alpha value is -1.40. The summed E-state index contributed by atoms with van der Waals surface area (Å²) in [7, 11) is 0. The van der Waals surface area contributed by atoms with Crippen LogP contribution in [0.15, 0.2) is 12.2 Å². The van der Waals surface area contributed by atoms with Crippen molar-refractivity contribution >= 4 is 11.9 Å². The van der Waals surface area contributed by atoms with Gasteiger partial charge in [0, 0.05) is 5.57 Å². The molecule has 0 amide bonds. The molecule has 2 heterocycles. The molecule has 2 atom stereocenters. The zero-order chi connectivity index (χ0) is 12.6. The van der Waals surface area contributed by atoms with Crippen molar-refractivity contribution in [3.63, 3.8) is 0 Å². The summed E-state index contributed by atoms with van der Waals surface area (Å²) < 4.78 is 10.0. The van der Waals surface area contributed by atoms with Gasteiger partial charge in [0.2, 0.25) is 0 Å². The van der Waals surface area contributed by atoms with Crippen LogP contribution >= 0.6 is 0 Å². The average molecular weight is 242 g/mol. The van der Waals surface area contributed by atoms with Crippen molar-refractivity contribution in [1.82, 2.24) is 0 Å². The van der Waals surface area contributed by atoms with E-state index in [-0.39, 0.29) is 30.6 Å². The third-order valence-corrected chi connectivity index (χ3v) is 3.20. The van der Waals surface area contributed by atoms with Gasteiger partial charge in [-0.05, 0) is 12.8 Å². The van der Waals surface area contributed by atoms with Crippen LogP contribution in [0.4, 0.5) is 0 Å². The molecule has 0 aromatic heterocycles. The Morgan fingerprint density at radius 1 is 1.18 bits per heavy atom. The molecule has 17 heavy (non-hydrogen) atoms. The van der Waals surface area contributed by atoms with Crippen LogP contribution in [0.2, 0.25) is 0 Å². The van der Waals surface area contributed by atoms with Gasteiger partial charge in [-0.15, -0.1) is 0 Å². The highest BCUT2D eigenvalue weighted by Gasteiger charge is 2.51. The maximum Gasteiger partial charge on any atom is 0.332 e. The van der Waals surface area contributed by atoms with E-state index in [1.54, 1.807) is 0 Å². The number of carboxylic acids is 2. The Bertz CT molecular complexity index is 352. The van der Waals surface area contributed by atoms with Crippen LogP contribution in [0.5, 0.6) is 0 Å². The summed E-state index contributed by atoms with van der Waals surface area (Å²) in [6.45, 7) is 4.38. The van der Waals surface area contributed by atoms with Gasteiger partial charge in [0.1, 0.15) is 5.41 Å². The lowest BCUT2D eigenvalue weighted by atomic mass is 9.73. The molecule has 2 unspecified atom stereocenters. The number of epoxide rings is 2. The molecule has 2 aliphatic rings. The first kappa shape index (κ1) is 12.1. The van der Waals surface area contributed by atoms with Gasteiger partial charge in [-0.3, -0.25) is 4.79 Å². The van der Waals surface area contributed by atoms with Crippen LogP contribution < -0.4 is 0 Å². The van der Waals surface area contributed by atoms with Gasteiger partial charge in [-0.25, -0.2) is 4.79 Å². The Labute approximate surface area is 97.8 Å².